The van der Waals surface area contributed by atoms with Crippen molar-refractivity contribution in [3.05, 3.63) is 39.6 Å². The topological polar surface area (TPSA) is 84.7 Å². The zero-order chi connectivity index (χ0) is 11.8. The van der Waals surface area contributed by atoms with E-state index in [1.807, 2.05) is 16.8 Å². The van der Waals surface area contributed by atoms with E-state index in [1.165, 1.54) is 6.33 Å². The van der Waals surface area contributed by atoms with Crippen LogP contribution in [-0.4, -0.2) is 15.0 Å². The molecule has 0 spiro atoms. The molecule has 0 saturated heterocycles. The second-order valence-electron chi connectivity index (χ2n) is 3.53. The lowest BCUT2D eigenvalue weighted by atomic mass is 10.1. The summed E-state index contributed by atoms with van der Waals surface area (Å²) in [6, 6.07) is 3.50. The number of pyridine rings is 1. The number of hydrogen-bond donors (Lipinski definition) is 2. The molecule has 5 nitrogen and oxygen atoms in total. The largest absolute Gasteiger partial charge is 0.384 e. The van der Waals surface area contributed by atoms with Gasteiger partial charge in [-0.25, -0.2) is 9.97 Å². The fourth-order valence-corrected chi connectivity index (χ4v) is 2.36. The lowest BCUT2D eigenvalue weighted by Gasteiger charge is -2.03. The molecule has 0 amide bonds. The Bertz CT molecular complexity index is 733. The van der Waals surface area contributed by atoms with Gasteiger partial charge in [-0.1, -0.05) is 0 Å². The summed E-state index contributed by atoms with van der Waals surface area (Å²) in [5.41, 5.74) is 7.53. The summed E-state index contributed by atoms with van der Waals surface area (Å²) in [5.74, 6) is 0.358. The van der Waals surface area contributed by atoms with Crippen LogP contribution >= 0.6 is 11.3 Å². The molecule has 0 unspecified atom stereocenters. The Kier molecular flexibility index (Phi) is 2.15. The molecule has 0 atom stereocenters. The number of anilines is 1. The number of H-pyrrole nitrogens is 1. The Morgan fingerprint density at radius 1 is 1.41 bits per heavy atom. The highest BCUT2D eigenvalue weighted by Crippen LogP contribution is 2.26. The SMILES string of the molecule is Nc1cc2nc[nH]c(=O)c2c(-c2ccsc2)n1. The minimum atomic E-state index is -0.205. The van der Waals surface area contributed by atoms with E-state index >= 15 is 0 Å². The quantitative estimate of drug-likeness (QED) is 0.681. The minimum absolute atomic E-state index is 0.205. The molecular formula is C11H8N4OS. The van der Waals surface area contributed by atoms with Crippen LogP contribution < -0.4 is 11.3 Å². The maximum Gasteiger partial charge on any atom is 0.260 e. The zero-order valence-electron chi connectivity index (χ0n) is 8.68. The van der Waals surface area contributed by atoms with Crippen LogP contribution in [0.5, 0.6) is 0 Å². The molecule has 0 radical (unpaired) electrons. The van der Waals surface area contributed by atoms with E-state index in [9.17, 15) is 4.79 Å². The van der Waals surface area contributed by atoms with Gasteiger partial charge in [0.1, 0.15) is 5.82 Å². The Morgan fingerprint density at radius 2 is 2.29 bits per heavy atom. The summed E-state index contributed by atoms with van der Waals surface area (Å²) in [4.78, 5) is 22.7. The molecule has 3 N–H and O–H groups in total. The second kappa shape index (κ2) is 3.67. The Morgan fingerprint density at radius 3 is 3.06 bits per heavy atom. The summed E-state index contributed by atoms with van der Waals surface area (Å²) in [6.07, 6.45) is 1.36. The molecule has 3 aromatic rings. The predicted octanol–water partition coefficient (Wildman–Crippen LogP) is 1.63. The van der Waals surface area contributed by atoms with Gasteiger partial charge in [0, 0.05) is 17.0 Å². The van der Waals surface area contributed by atoms with Gasteiger partial charge in [-0.3, -0.25) is 4.79 Å². The average Bonchev–Trinajstić information content (AvgIpc) is 2.81. The fourth-order valence-electron chi connectivity index (χ4n) is 1.72. The highest BCUT2D eigenvalue weighted by Gasteiger charge is 2.11. The van der Waals surface area contributed by atoms with Gasteiger partial charge >= 0.3 is 0 Å². The van der Waals surface area contributed by atoms with Gasteiger partial charge in [0.25, 0.3) is 5.56 Å². The summed E-state index contributed by atoms with van der Waals surface area (Å²) in [6.45, 7) is 0. The first-order valence-electron chi connectivity index (χ1n) is 4.92. The zero-order valence-corrected chi connectivity index (χ0v) is 9.49. The molecule has 6 heteroatoms. The van der Waals surface area contributed by atoms with Crippen molar-refractivity contribution in [1.29, 1.82) is 0 Å². The number of rotatable bonds is 1. The maximum atomic E-state index is 11.8. The third-order valence-corrected chi connectivity index (χ3v) is 3.12. The smallest absolute Gasteiger partial charge is 0.260 e. The van der Waals surface area contributed by atoms with Crippen LogP contribution in [0.25, 0.3) is 22.2 Å². The van der Waals surface area contributed by atoms with Crippen LogP contribution in [-0.2, 0) is 0 Å². The molecule has 0 saturated carbocycles. The van der Waals surface area contributed by atoms with Crippen molar-refractivity contribution in [3.8, 4) is 11.3 Å². The fraction of sp³-hybridized carbons (Fsp3) is 0. The van der Waals surface area contributed by atoms with Crippen LogP contribution in [0.1, 0.15) is 0 Å². The van der Waals surface area contributed by atoms with Crippen LogP contribution in [0.3, 0.4) is 0 Å². The summed E-state index contributed by atoms with van der Waals surface area (Å²) < 4.78 is 0. The maximum absolute atomic E-state index is 11.8. The molecule has 0 aromatic carbocycles. The number of nitrogens with zero attached hydrogens (tertiary/aromatic N) is 2. The van der Waals surface area contributed by atoms with Gasteiger partial charge in [0.2, 0.25) is 0 Å². The van der Waals surface area contributed by atoms with E-state index in [4.69, 9.17) is 5.73 Å². The van der Waals surface area contributed by atoms with Crippen LogP contribution in [0.4, 0.5) is 5.82 Å². The van der Waals surface area contributed by atoms with Crippen LogP contribution in [0.2, 0.25) is 0 Å². The Balaban J connectivity index is 2.49. The molecule has 84 valence electrons. The van der Waals surface area contributed by atoms with Gasteiger partial charge in [-0.15, -0.1) is 0 Å². The van der Waals surface area contributed by atoms with E-state index < -0.39 is 0 Å². The highest BCUT2D eigenvalue weighted by atomic mass is 32.1. The van der Waals surface area contributed by atoms with E-state index in [2.05, 4.69) is 15.0 Å². The molecule has 0 aliphatic heterocycles. The molecule has 0 fully saturated rings. The molecular weight excluding hydrogens is 236 g/mol. The molecule has 0 aliphatic carbocycles. The number of nitrogens with one attached hydrogen (secondary N) is 1. The molecule has 0 aliphatic rings. The Labute approximate surface area is 100.0 Å². The number of aromatic amines is 1. The third kappa shape index (κ3) is 1.58. The first-order chi connectivity index (χ1) is 8.25. The normalized spacial score (nSPS) is 10.8. The Hall–Kier alpha value is -2.21. The third-order valence-electron chi connectivity index (χ3n) is 2.44. The second-order valence-corrected chi connectivity index (χ2v) is 4.31. The van der Waals surface area contributed by atoms with E-state index in [0.717, 1.165) is 5.56 Å². The summed E-state index contributed by atoms with van der Waals surface area (Å²) in [5, 5.41) is 4.32. The van der Waals surface area contributed by atoms with Crippen molar-refractivity contribution in [2.45, 2.75) is 0 Å². The van der Waals surface area contributed by atoms with Gasteiger partial charge in [0.15, 0.2) is 0 Å². The van der Waals surface area contributed by atoms with Gasteiger partial charge < -0.3 is 10.7 Å². The van der Waals surface area contributed by atoms with E-state index in [0.29, 0.717) is 22.4 Å². The lowest BCUT2D eigenvalue weighted by Crippen LogP contribution is -2.09. The average molecular weight is 244 g/mol. The number of nitrogens with two attached hydrogens (primary N) is 1. The van der Waals surface area contributed by atoms with Crippen LogP contribution in [0, 0.1) is 0 Å². The highest BCUT2D eigenvalue weighted by molar-refractivity contribution is 7.08. The standard InChI is InChI=1S/C11H8N4OS/c12-8-3-7-9(11(16)14-5-13-7)10(15-8)6-1-2-17-4-6/h1-5H,(H2,12,15)(H,13,14,16). The number of thiophene rings is 1. The van der Waals surface area contributed by atoms with Gasteiger partial charge in [0.05, 0.1) is 22.9 Å². The lowest BCUT2D eigenvalue weighted by molar-refractivity contribution is 1.16. The number of aromatic nitrogens is 3. The molecule has 3 rings (SSSR count). The van der Waals surface area contributed by atoms with E-state index in [-0.39, 0.29) is 5.56 Å². The monoisotopic (exact) mass is 244 g/mol. The van der Waals surface area contributed by atoms with Crippen LogP contribution in [0.15, 0.2) is 34.0 Å². The number of fused-ring (bicyclic) bond motifs is 1. The molecule has 3 aromatic heterocycles. The van der Waals surface area contributed by atoms with Gasteiger partial charge in [-0.2, -0.15) is 11.3 Å². The first kappa shape index (κ1) is 9.98. The molecule has 0 bridgehead atoms. The van der Waals surface area contributed by atoms with Crippen molar-refractivity contribution >= 4 is 28.1 Å². The van der Waals surface area contributed by atoms with E-state index in [1.54, 1.807) is 17.4 Å². The first-order valence-corrected chi connectivity index (χ1v) is 5.86. The van der Waals surface area contributed by atoms with Crippen molar-refractivity contribution in [2.75, 3.05) is 5.73 Å². The molecule has 17 heavy (non-hydrogen) atoms. The predicted molar refractivity (Wildman–Crippen MR) is 67.9 cm³/mol. The van der Waals surface area contributed by atoms with Crippen molar-refractivity contribution in [3.63, 3.8) is 0 Å². The van der Waals surface area contributed by atoms with Crippen molar-refractivity contribution in [2.24, 2.45) is 0 Å². The number of hydrogen-bond acceptors (Lipinski definition) is 5. The molecule has 3 heterocycles. The summed E-state index contributed by atoms with van der Waals surface area (Å²) in [7, 11) is 0. The summed E-state index contributed by atoms with van der Waals surface area (Å²) >= 11 is 1.54. The van der Waals surface area contributed by atoms with Crippen molar-refractivity contribution < 1.29 is 0 Å². The number of nitrogen functional groups attached to an aromatic ring is 1. The van der Waals surface area contributed by atoms with Gasteiger partial charge in [-0.05, 0) is 11.4 Å². The minimum Gasteiger partial charge on any atom is -0.384 e. The van der Waals surface area contributed by atoms with Crippen molar-refractivity contribution in [1.82, 2.24) is 15.0 Å².